The number of methoxy groups -OCH3 is 1. The molecule has 0 aliphatic carbocycles. The zero-order valence-corrected chi connectivity index (χ0v) is 16.8. The molecule has 0 aliphatic rings. The molecule has 1 amide bonds. The van der Waals surface area contributed by atoms with Crippen LogP contribution in [0.25, 0.3) is 0 Å². The van der Waals surface area contributed by atoms with Crippen molar-refractivity contribution in [2.75, 3.05) is 37.5 Å². The molecule has 162 valence electrons. The maximum absolute atomic E-state index is 12.2. The van der Waals surface area contributed by atoms with Gasteiger partial charge < -0.3 is 20.1 Å². The SMILES string of the molecule is COCCOc1ncccc1NC(=O)CCNc1ccc(S(N)(=O)=O)cc1[N+](=O)[O-]. The molecule has 0 saturated heterocycles. The second kappa shape index (κ2) is 10.5. The van der Waals surface area contributed by atoms with E-state index in [9.17, 15) is 23.3 Å². The summed E-state index contributed by atoms with van der Waals surface area (Å²) in [7, 11) is -2.55. The van der Waals surface area contributed by atoms with Crippen molar-refractivity contribution in [1.29, 1.82) is 0 Å². The summed E-state index contributed by atoms with van der Waals surface area (Å²) in [5.41, 5.74) is -0.0322. The van der Waals surface area contributed by atoms with Crippen molar-refractivity contribution in [3.8, 4) is 5.88 Å². The number of hydrogen-bond acceptors (Lipinski definition) is 9. The number of aromatic nitrogens is 1. The van der Waals surface area contributed by atoms with E-state index in [1.165, 1.54) is 19.4 Å². The predicted octanol–water partition coefficient (Wildman–Crippen LogP) is 1.10. The highest BCUT2D eigenvalue weighted by atomic mass is 32.2. The number of ether oxygens (including phenoxy) is 2. The van der Waals surface area contributed by atoms with Crippen molar-refractivity contribution in [1.82, 2.24) is 4.98 Å². The Kier molecular flexibility index (Phi) is 8.03. The summed E-state index contributed by atoms with van der Waals surface area (Å²) < 4.78 is 33.1. The maximum atomic E-state index is 12.2. The zero-order valence-electron chi connectivity index (χ0n) is 16.0. The molecular formula is C17H21N5O7S. The predicted molar refractivity (Wildman–Crippen MR) is 108 cm³/mol. The van der Waals surface area contributed by atoms with E-state index in [0.717, 1.165) is 12.1 Å². The Morgan fingerprint density at radius 3 is 2.70 bits per heavy atom. The standard InChI is InChI=1S/C17H21N5O7S/c1-28-9-10-29-17-14(3-2-7-20-17)21-16(23)6-8-19-13-5-4-12(30(18,26)27)11-15(13)22(24)25/h2-5,7,11,19H,6,8-10H2,1H3,(H,21,23)(H2,18,26,27). The van der Waals surface area contributed by atoms with E-state index in [2.05, 4.69) is 15.6 Å². The first kappa shape index (κ1) is 23.0. The van der Waals surface area contributed by atoms with Crippen molar-refractivity contribution in [2.24, 2.45) is 5.14 Å². The second-order valence-corrected chi connectivity index (χ2v) is 7.46. The zero-order chi connectivity index (χ0) is 22.1. The van der Waals surface area contributed by atoms with E-state index < -0.39 is 20.6 Å². The first-order valence-corrected chi connectivity index (χ1v) is 10.2. The summed E-state index contributed by atoms with van der Waals surface area (Å²) in [6.07, 6.45) is 1.49. The number of nitro groups is 1. The third-order valence-corrected chi connectivity index (χ3v) is 4.64. The highest BCUT2D eigenvalue weighted by molar-refractivity contribution is 7.89. The molecule has 0 atom stereocenters. The van der Waals surface area contributed by atoms with Gasteiger partial charge in [0.2, 0.25) is 21.8 Å². The van der Waals surface area contributed by atoms with Gasteiger partial charge in [0, 0.05) is 32.3 Å². The third kappa shape index (κ3) is 6.65. The third-order valence-electron chi connectivity index (χ3n) is 3.73. The number of rotatable bonds is 11. The number of nitrogens with two attached hydrogens (primary N) is 1. The van der Waals surface area contributed by atoms with E-state index >= 15 is 0 Å². The van der Waals surface area contributed by atoms with Crippen LogP contribution in [0, 0.1) is 10.1 Å². The molecular weight excluding hydrogens is 418 g/mol. The molecule has 2 rings (SSSR count). The van der Waals surface area contributed by atoms with Gasteiger partial charge in [-0.15, -0.1) is 0 Å². The normalized spacial score (nSPS) is 11.0. The van der Waals surface area contributed by atoms with Crippen molar-refractivity contribution in [3.05, 3.63) is 46.6 Å². The number of sulfonamides is 1. The lowest BCUT2D eigenvalue weighted by Crippen LogP contribution is -2.18. The summed E-state index contributed by atoms with van der Waals surface area (Å²) in [6, 6.07) is 6.48. The van der Waals surface area contributed by atoms with Crippen molar-refractivity contribution < 1.29 is 27.6 Å². The minimum Gasteiger partial charge on any atom is -0.474 e. The molecule has 0 aliphatic heterocycles. The number of pyridine rings is 1. The molecule has 13 heteroatoms. The van der Waals surface area contributed by atoms with Gasteiger partial charge in [-0.2, -0.15) is 0 Å². The van der Waals surface area contributed by atoms with Gasteiger partial charge in [-0.3, -0.25) is 14.9 Å². The second-order valence-electron chi connectivity index (χ2n) is 5.90. The van der Waals surface area contributed by atoms with Crippen LogP contribution in [0.15, 0.2) is 41.4 Å². The fourth-order valence-corrected chi connectivity index (χ4v) is 2.87. The summed E-state index contributed by atoms with van der Waals surface area (Å²) in [4.78, 5) is 26.3. The van der Waals surface area contributed by atoms with Gasteiger partial charge in [0.15, 0.2) is 0 Å². The van der Waals surface area contributed by atoms with Gasteiger partial charge in [0.1, 0.15) is 18.0 Å². The summed E-state index contributed by atoms with van der Waals surface area (Å²) in [5.74, 6) is -0.138. The number of nitrogens with one attached hydrogen (secondary N) is 2. The molecule has 0 radical (unpaired) electrons. The largest absolute Gasteiger partial charge is 0.474 e. The van der Waals surface area contributed by atoms with Gasteiger partial charge in [-0.25, -0.2) is 18.5 Å². The van der Waals surface area contributed by atoms with Gasteiger partial charge in [0.05, 0.1) is 16.4 Å². The quantitative estimate of drug-likeness (QED) is 0.263. The van der Waals surface area contributed by atoms with Crippen molar-refractivity contribution >= 4 is 33.0 Å². The summed E-state index contributed by atoms with van der Waals surface area (Å²) in [6.45, 7) is 0.675. The number of primary sulfonamides is 1. The van der Waals surface area contributed by atoms with E-state index in [-0.39, 0.29) is 41.9 Å². The molecule has 0 bridgehead atoms. The number of hydrogen-bond donors (Lipinski definition) is 3. The lowest BCUT2D eigenvalue weighted by Gasteiger charge is -2.11. The number of amides is 1. The minimum absolute atomic E-state index is 0.0273. The van der Waals surface area contributed by atoms with Crippen LogP contribution in [0.1, 0.15) is 6.42 Å². The molecule has 2 aromatic rings. The lowest BCUT2D eigenvalue weighted by molar-refractivity contribution is -0.384. The molecule has 0 unspecified atom stereocenters. The van der Waals surface area contributed by atoms with E-state index in [4.69, 9.17) is 14.6 Å². The van der Waals surface area contributed by atoms with Crippen LogP contribution < -0.4 is 20.5 Å². The van der Waals surface area contributed by atoms with Crippen molar-refractivity contribution in [3.63, 3.8) is 0 Å². The number of nitro benzene ring substituents is 1. The number of carbonyl (C=O) groups excluding carboxylic acids is 1. The Labute approximate surface area is 172 Å². The summed E-state index contributed by atoms with van der Waals surface area (Å²) >= 11 is 0. The molecule has 1 heterocycles. The molecule has 1 aromatic heterocycles. The molecule has 0 saturated carbocycles. The van der Waals surface area contributed by atoms with Crippen LogP contribution in [-0.4, -0.2) is 51.1 Å². The topological polar surface area (TPSA) is 176 Å². The van der Waals surface area contributed by atoms with Crippen LogP contribution >= 0.6 is 0 Å². The van der Waals surface area contributed by atoms with E-state index in [1.807, 2.05) is 0 Å². The number of anilines is 2. The Morgan fingerprint density at radius 2 is 2.03 bits per heavy atom. The van der Waals surface area contributed by atoms with Gasteiger partial charge >= 0.3 is 0 Å². The van der Waals surface area contributed by atoms with Gasteiger partial charge in [0.25, 0.3) is 5.69 Å². The Hall–Kier alpha value is -3.29. The maximum Gasteiger partial charge on any atom is 0.293 e. The molecule has 12 nitrogen and oxygen atoms in total. The lowest BCUT2D eigenvalue weighted by atomic mass is 10.2. The van der Waals surface area contributed by atoms with Crippen LogP contribution in [0.3, 0.4) is 0 Å². The molecule has 30 heavy (non-hydrogen) atoms. The number of carbonyl (C=O) groups is 1. The summed E-state index contributed by atoms with van der Waals surface area (Å²) in [5, 5.41) is 21.6. The Morgan fingerprint density at radius 1 is 1.27 bits per heavy atom. The molecule has 0 fully saturated rings. The highest BCUT2D eigenvalue weighted by Crippen LogP contribution is 2.27. The highest BCUT2D eigenvalue weighted by Gasteiger charge is 2.19. The van der Waals surface area contributed by atoms with Crippen LogP contribution in [0.4, 0.5) is 17.1 Å². The monoisotopic (exact) mass is 439 g/mol. The molecule has 1 aromatic carbocycles. The van der Waals surface area contributed by atoms with Crippen LogP contribution in [-0.2, 0) is 19.6 Å². The van der Waals surface area contributed by atoms with Gasteiger partial charge in [-0.05, 0) is 24.3 Å². The average Bonchev–Trinajstić information content (AvgIpc) is 2.68. The van der Waals surface area contributed by atoms with Crippen LogP contribution in [0.5, 0.6) is 5.88 Å². The molecule has 0 spiro atoms. The van der Waals surface area contributed by atoms with E-state index in [1.54, 1.807) is 12.1 Å². The molecule has 4 N–H and O–H groups in total. The smallest absolute Gasteiger partial charge is 0.293 e. The fraction of sp³-hybridized carbons (Fsp3) is 0.294. The first-order chi connectivity index (χ1) is 14.2. The Bertz CT molecular complexity index is 1010. The van der Waals surface area contributed by atoms with Crippen LogP contribution in [0.2, 0.25) is 0 Å². The number of nitrogens with zero attached hydrogens (tertiary/aromatic N) is 2. The van der Waals surface area contributed by atoms with Crippen molar-refractivity contribution in [2.45, 2.75) is 11.3 Å². The fourth-order valence-electron chi connectivity index (χ4n) is 2.34. The van der Waals surface area contributed by atoms with Gasteiger partial charge in [-0.1, -0.05) is 0 Å². The van der Waals surface area contributed by atoms with E-state index in [0.29, 0.717) is 12.3 Å². The Balaban J connectivity index is 1.98. The first-order valence-electron chi connectivity index (χ1n) is 8.64. The average molecular weight is 439 g/mol. The minimum atomic E-state index is -4.08. The number of benzene rings is 1.